The van der Waals surface area contributed by atoms with Crippen LogP contribution in [-0.4, -0.2) is 31.3 Å². The Bertz CT molecular complexity index is 335. The summed E-state index contributed by atoms with van der Waals surface area (Å²) in [4.78, 5) is 3.65. The molecule has 0 amide bonds. The van der Waals surface area contributed by atoms with Crippen LogP contribution in [0.2, 0.25) is 0 Å². The maximum atomic E-state index is 5.69. The van der Waals surface area contributed by atoms with Crippen molar-refractivity contribution in [2.24, 2.45) is 11.7 Å². The summed E-state index contributed by atoms with van der Waals surface area (Å²) >= 11 is 1.89. The third-order valence-corrected chi connectivity index (χ3v) is 4.14. The molecule has 1 aromatic rings. The minimum Gasteiger partial charge on any atom is -0.330 e. The first-order valence-corrected chi connectivity index (χ1v) is 7.68. The molecule has 2 N–H and O–H groups in total. The summed E-state index contributed by atoms with van der Waals surface area (Å²) in [5.41, 5.74) is 7.08. The van der Waals surface area contributed by atoms with E-state index in [2.05, 4.69) is 57.1 Å². The number of thioether (sulfide) groups is 1. The molecule has 0 radical (unpaired) electrons. The lowest BCUT2D eigenvalue weighted by atomic mass is 9.91. The Labute approximate surface area is 116 Å². The first-order valence-electron chi connectivity index (χ1n) is 6.69. The maximum absolute atomic E-state index is 5.69. The largest absolute Gasteiger partial charge is 0.330 e. The van der Waals surface area contributed by atoms with Crippen molar-refractivity contribution in [1.82, 2.24) is 4.90 Å². The van der Waals surface area contributed by atoms with Gasteiger partial charge in [-0.05, 0) is 56.4 Å². The van der Waals surface area contributed by atoms with Crippen molar-refractivity contribution in [1.29, 1.82) is 0 Å². The predicted molar refractivity (Wildman–Crippen MR) is 82.1 cm³/mol. The molecule has 0 heterocycles. The Morgan fingerprint density at radius 2 is 1.83 bits per heavy atom. The summed E-state index contributed by atoms with van der Waals surface area (Å²) in [5, 5.41) is 0. The van der Waals surface area contributed by atoms with Crippen molar-refractivity contribution in [3.05, 3.63) is 29.8 Å². The van der Waals surface area contributed by atoms with E-state index in [-0.39, 0.29) is 0 Å². The molecule has 0 aromatic heterocycles. The van der Waals surface area contributed by atoms with Crippen LogP contribution in [0.25, 0.3) is 0 Å². The monoisotopic (exact) mass is 266 g/mol. The number of hydrogen-bond acceptors (Lipinski definition) is 3. The highest BCUT2D eigenvalue weighted by Gasteiger charge is 2.20. The number of hydrogen-bond donors (Lipinski definition) is 1. The van der Waals surface area contributed by atoms with E-state index in [9.17, 15) is 0 Å². The lowest BCUT2D eigenvalue weighted by Gasteiger charge is -2.30. The van der Waals surface area contributed by atoms with Gasteiger partial charge in [-0.1, -0.05) is 26.0 Å². The quantitative estimate of drug-likeness (QED) is 0.767. The third kappa shape index (κ3) is 4.30. The van der Waals surface area contributed by atoms with Crippen LogP contribution in [-0.2, 0) is 0 Å². The minimum absolute atomic E-state index is 0.453. The van der Waals surface area contributed by atoms with Crippen LogP contribution in [0.3, 0.4) is 0 Å². The van der Waals surface area contributed by atoms with E-state index in [0.29, 0.717) is 12.0 Å². The molecule has 18 heavy (non-hydrogen) atoms. The van der Waals surface area contributed by atoms with Crippen LogP contribution < -0.4 is 5.73 Å². The Balaban J connectivity index is 2.85. The first-order chi connectivity index (χ1) is 8.60. The van der Waals surface area contributed by atoms with Gasteiger partial charge >= 0.3 is 0 Å². The molecule has 2 unspecified atom stereocenters. The summed E-state index contributed by atoms with van der Waals surface area (Å²) in [5.74, 6) is 1.70. The molecule has 0 saturated heterocycles. The second kappa shape index (κ2) is 7.82. The Hall–Kier alpha value is -0.510. The highest BCUT2D eigenvalue weighted by atomic mass is 32.2. The van der Waals surface area contributed by atoms with Crippen LogP contribution in [0.5, 0.6) is 0 Å². The second-order valence-corrected chi connectivity index (χ2v) is 6.30. The number of nitrogens with two attached hydrogens (primary N) is 1. The summed E-state index contributed by atoms with van der Waals surface area (Å²) in [6, 6.07) is 9.43. The maximum Gasteiger partial charge on any atom is 0.0368 e. The Kier molecular flexibility index (Phi) is 6.76. The molecular weight excluding hydrogens is 240 g/mol. The topological polar surface area (TPSA) is 29.3 Å². The van der Waals surface area contributed by atoms with Gasteiger partial charge in [-0.15, -0.1) is 11.8 Å². The molecule has 0 aliphatic heterocycles. The van der Waals surface area contributed by atoms with Gasteiger partial charge in [0, 0.05) is 10.9 Å². The van der Waals surface area contributed by atoms with E-state index in [1.54, 1.807) is 0 Å². The molecule has 0 aliphatic rings. The molecule has 0 aliphatic carbocycles. The smallest absolute Gasteiger partial charge is 0.0368 e. The zero-order chi connectivity index (χ0) is 13.5. The van der Waals surface area contributed by atoms with E-state index in [1.165, 1.54) is 10.5 Å². The van der Waals surface area contributed by atoms with Gasteiger partial charge in [0.15, 0.2) is 0 Å². The van der Waals surface area contributed by atoms with Crippen LogP contribution in [0, 0.1) is 5.92 Å². The third-order valence-electron chi connectivity index (χ3n) is 3.25. The molecule has 2 atom stereocenters. The van der Waals surface area contributed by atoms with Crippen molar-refractivity contribution in [3.63, 3.8) is 0 Å². The van der Waals surface area contributed by atoms with Gasteiger partial charge in [0.05, 0.1) is 0 Å². The normalized spacial score (nSPS) is 14.8. The average Bonchev–Trinajstić information content (AvgIpc) is 2.32. The summed E-state index contributed by atoms with van der Waals surface area (Å²) in [6.07, 6.45) is 1.06. The van der Waals surface area contributed by atoms with Crippen molar-refractivity contribution in [2.45, 2.75) is 31.2 Å². The van der Waals surface area contributed by atoms with Crippen molar-refractivity contribution in [2.75, 3.05) is 26.4 Å². The van der Waals surface area contributed by atoms with Gasteiger partial charge in [-0.2, -0.15) is 0 Å². The number of nitrogens with zero attached hydrogens (tertiary/aromatic N) is 1. The first kappa shape index (κ1) is 15.5. The molecule has 3 heteroatoms. The molecule has 1 rings (SSSR count). The molecule has 0 fully saturated rings. The minimum atomic E-state index is 0.453. The van der Waals surface area contributed by atoms with Crippen LogP contribution in [0.4, 0.5) is 0 Å². The standard InChI is InChI=1S/C15H26N2S/c1-5-18-14-8-6-13(7-9-14)15(17(3)4)12(2)10-11-16/h6-9,12,15H,5,10-11,16H2,1-4H3. The summed E-state index contributed by atoms with van der Waals surface area (Å²) < 4.78 is 0. The summed E-state index contributed by atoms with van der Waals surface area (Å²) in [6.45, 7) is 5.23. The zero-order valence-electron chi connectivity index (χ0n) is 12.0. The van der Waals surface area contributed by atoms with E-state index >= 15 is 0 Å². The SMILES string of the molecule is CCSc1ccc(C(C(C)CCN)N(C)C)cc1. The van der Waals surface area contributed by atoms with Crippen molar-refractivity contribution in [3.8, 4) is 0 Å². The van der Waals surface area contributed by atoms with Gasteiger partial charge in [0.1, 0.15) is 0 Å². The van der Waals surface area contributed by atoms with Crippen LogP contribution in [0.15, 0.2) is 29.2 Å². The van der Waals surface area contributed by atoms with E-state index in [4.69, 9.17) is 5.73 Å². The summed E-state index contributed by atoms with van der Waals surface area (Å²) in [7, 11) is 4.29. The molecule has 102 valence electrons. The lowest BCUT2D eigenvalue weighted by Crippen LogP contribution is -2.27. The van der Waals surface area contributed by atoms with Crippen LogP contribution >= 0.6 is 11.8 Å². The van der Waals surface area contributed by atoms with E-state index < -0.39 is 0 Å². The highest BCUT2D eigenvalue weighted by molar-refractivity contribution is 7.99. The van der Waals surface area contributed by atoms with Crippen molar-refractivity contribution >= 4 is 11.8 Å². The van der Waals surface area contributed by atoms with Gasteiger partial charge in [0.2, 0.25) is 0 Å². The van der Waals surface area contributed by atoms with Gasteiger partial charge < -0.3 is 10.6 Å². The lowest BCUT2D eigenvalue weighted by molar-refractivity contribution is 0.217. The highest BCUT2D eigenvalue weighted by Crippen LogP contribution is 2.30. The van der Waals surface area contributed by atoms with Crippen LogP contribution in [0.1, 0.15) is 31.9 Å². The van der Waals surface area contributed by atoms with Gasteiger partial charge in [-0.25, -0.2) is 0 Å². The number of rotatable bonds is 7. The van der Waals surface area contributed by atoms with E-state index in [1.807, 2.05) is 11.8 Å². The fraction of sp³-hybridized carbons (Fsp3) is 0.600. The van der Waals surface area contributed by atoms with Crippen molar-refractivity contribution < 1.29 is 0 Å². The Morgan fingerprint density at radius 1 is 1.22 bits per heavy atom. The number of benzene rings is 1. The predicted octanol–water partition coefficient (Wildman–Crippen LogP) is 3.39. The van der Waals surface area contributed by atoms with Gasteiger partial charge in [0.25, 0.3) is 0 Å². The van der Waals surface area contributed by atoms with Gasteiger partial charge in [-0.3, -0.25) is 0 Å². The molecular formula is C15H26N2S. The average molecular weight is 266 g/mol. The molecule has 2 nitrogen and oxygen atoms in total. The Morgan fingerprint density at radius 3 is 2.28 bits per heavy atom. The van der Waals surface area contributed by atoms with E-state index in [0.717, 1.165) is 18.7 Å². The molecule has 0 saturated carbocycles. The fourth-order valence-electron chi connectivity index (χ4n) is 2.48. The molecule has 1 aromatic carbocycles. The zero-order valence-corrected chi connectivity index (χ0v) is 12.8. The second-order valence-electron chi connectivity index (χ2n) is 4.97. The molecule has 0 spiro atoms. The fourth-order valence-corrected chi connectivity index (χ4v) is 3.15. The molecule has 0 bridgehead atoms.